The third-order valence-corrected chi connectivity index (χ3v) is 4.36. The Bertz CT molecular complexity index is 910. The smallest absolute Gasteiger partial charge is 0.466 e. The highest BCUT2D eigenvalue weighted by Gasteiger charge is 2.12. The number of carbonyl (C=O) groups excluding carboxylic acids is 1. The molecule has 0 fully saturated rings. The van der Waals surface area contributed by atoms with Gasteiger partial charge in [-0.3, -0.25) is 5.32 Å². The van der Waals surface area contributed by atoms with Crippen molar-refractivity contribution in [2.45, 2.75) is 38.8 Å². The third-order valence-electron chi connectivity index (χ3n) is 4.36. The minimum atomic E-state index is -4.64. The van der Waals surface area contributed by atoms with Crippen LogP contribution in [0.5, 0.6) is 11.5 Å². The molecule has 0 bridgehead atoms. The first-order valence-electron chi connectivity index (χ1n) is 10.1. The number of aliphatic hydroxyl groups excluding tert-OH is 1. The van der Waals surface area contributed by atoms with Gasteiger partial charge < -0.3 is 40.1 Å². The van der Waals surface area contributed by atoms with Crippen LogP contribution < -0.4 is 10.6 Å². The van der Waals surface area contributed by atoms with Crippen molar-refractivity contribution in [3.05, 3.63) is 53.6 Å². The van der Waals surface area contributed by atoms with Gasteiger partial charge in [0.2, 0.25) is 0 Å². The molecule has 2 atom stereocenters. The zero-order valence-electron chi connectivity index (χ0n) is 18.4. The highest BCUT2D eigenvalue weighted by atomic mass is 31.2. The molecule has 1 amide bonds. The van der Waals surface area contributed by atoms with Crippen LogP contribution in [0.2, 0.25) is 0 Å². The van der Waals surface area contributed by atoms with Gasteiger partial charge >= 0.3 is 13.9 Å². The van der Waals surface area contributed by atoms with E-state index in [0.29, 0.717) is 30.8 Å². The van der Waals surface area contributed by atoms with Crippen LogP contribution in [-0.2, 0) is 9.30 Å². The normalized spacial score (nSPS) is 12.8. The summed E-state index contributed by atoms with van der Waals surface area (Å²) in [6.07, 6.45) is 0.175. The number of phosphoric acid groups is 1. The molecule has 0 saturated heterocycles. The first-order valence-corrected chi connectivity index (χ1v) is 11.6. The Hall–Kier alpha value is -2.66. The SMILES string of the molecule is Cc1ccc(NC(=O)OCCCC(C)NCC(O)c2ccc(O)c(O)c2)cc1.O=P(O)(O)O. The molecule has 0 radical (unpaired) electrons. The Morgan fingerprint density at radius 3 is 2.24 bits per heavy atom. The summed E-state index contributed by atoms with van der Waals surface area (Å²) >= 11 is 0. The monoisotopic (exact) mass is 486 g/mol. The molecule has 0 spiro atoms. The number of nitrogens with one attached hydrogen (secondary N) is 2. The number of carbonyl (C=O) groups is 1. The quantitative estimate of drug-likeness (QED) is 0.149. The van der Waals surface area contributed by atoms with Gasteiger partial charge in [0, 0.05) is 18.3 Å². The van der Waals surface area contributed by atoms with Crippen LogP contribution in [0.4, 0.5) is 10.5 Å². The van der Waals surface area contributed by atoms with Crippen LogP contribution >= 0.6 is 7.82 Å². The maximum Gasteiger partial charge on any atom is 0.466 e. The number of benzene rings is 2. The molecule has 2 rings (SSSR count). The molecule has 0 heterocycles. The Balaban J connectivity index is 0.000000981. The van der Waals surface area contributed by atoms with Gasteiger partial charge in [-0.25, -0.2) is 9.36 Å². The highest BCUT2D eigenvalue weighted by molar-refractivity contribution is 7.45. The summed E-state index contributed by atoms with van der Waals surface area (Å²) in [5.41, 5.74) is 2.33. The number of amides is 1. The van der Waals surface area contributed by atoms with Gasteiger partial charge in [0.05, 0.1) is 12.7 Å². The van der Waals surface area contributed by atoms with Gasteiger partial charge in [0.15, 0.2) is 11.5 Å². The maximum atomic E-state index is 11.7. The first-order chi connectivity index (χ1) is 15.3. The fraction of sp³-hybridized carbons (Fsp3) is 0.381. The van der Waals surface area contributed by atoms with Crippen molar-refractivity contribution in [2.24, 2.45) is 0 Å². The molecule has 0 aliphatic rings. The largest absolute Gasteiger partial charge is 0.504 e. The van der Waals surface area contributed by atoms with Crippen molar-refractivity contribution >= 4 is 19.6 Å². The van der Waals surface area contributed by atoms with Crippen molar-refractivity contribution in [2.75, 3.05) is 18.5 Å². The van der Waals surface area contributed by atoms with Gasteiger partial charge in [-0.2, -0.15) is 0 Å². The van der Waals surface area contributed by atoms with Crippen LogP contribution in [0.25, 0.3) is 0 Å². The molecule has 2 aromatic rings. The summed E-state index contributed by atoms with van der Waals surface area (Å²) in [5, 5.41) is 34.8. The van der Waals surface area contributed by atoms with E-state index in [2.05, 4.69) is 10.6 Å². The molecule has 2 unspecified atom stereocenters. The van der Waals surface area contributed by atoms with Gasteiger partial charge in [-0.05, 0) is 56.5 Å². The second-order valence-corrected chi connectivity index (χ2v) is 8.38. The second kappa shape index (κ2) is 13.8. The minimum Gasteiger partial charge on any atom is -0.504 e. The van der Waals surface area contributed by atoms with E-state index >= 15 is 0 Å². The van der Waals surface area contributed by atoms with E-state index in [1.54, 1.807) is 6.07 Å². The molecular formula is C21H31N2O9P. The molecule has 11 nitrogen and oxygen atoms in total. The van der Waals surface area contributed by atoms with Crippen LogP contribution in [-0.4, -0.2) is 55.3 Å². The third kappa shape index (κ3) is 13.5. The molecular weight excluding hydrogens is 455 g/mol. The molecule has 0 aliphatic carbocycles. The lowest BCUT2D eigenvalue weighted by atomic mass is 10.1. The number of aryl methyl sites for hydroxylation is 1. The lowest BCUT2D eigenvalue weighted by molar-refractivity contribution is 0.155. The second-order valence-electron chi connectivity index (χ2n) is 7.36. The summed E-state index contributed by atoms with van der Waals surface area (Å²) in [5.74, 6) is -0.477. The molecule has 0 aliphatic heterocycles. The Kier molecular flexibility index (Phi) is 11.9. The van der Waals surface area contributed by atoms with Crippen molar-refractivity contribution in [3.63, 3.8) is 0 Å². The van der Waals surface area contributed by atoms with E-state index < -0.39 is 20.0 Å². The molecule has 12 heteroatoms. The van der Waals surface area contributed by atoms with E-state index in [0.717, 1.165) is 12.0 Å². The van der Waals surface area contributed by atoms with Gasteiger partial charge in [0.25, 0.3) is 0 Å². The van der Waals surface area contributed by atoms with Gasteiger partial charge in [-0.1, -0.05) is 23.8 Å². The van der Waals surface area contributed by atoms with E-state index in [1.165, 1.54) is 12.1 Å². The van der Waals surface area contributed by atoms with Crippen molar-refractivity contribution < 1.29 is 44.1 Å². The summed E-state index contributed by atoms with van der Waals surface area (Å²) < 4.78 is 14.0. The maximum absolute atomic E-state index is 11.7. The summed E-state index contributed by atoms with van der Waals surface area (Å²) in [7, 11) is -4.64. The zero-order chi connectivity index (χ0) is 25.0. The van der Waals surface area contributed by atoms with E-state index in [4.69, 9.17) is 24.0 Å². The molecule has 0 saturated carbocycles. The first kappa shape index (κ1) is 28.4. The summed E-state index contributed by atoms with van der Waals surface area (Å²) in [6, 6.07) is 11.8. The van der Waals surface area contributed by atoms with E-state index in [9.17, 15) is 20.1 Å². The molecule has 33 heavy (non-hydrogen) atoms. The molecule has 184 valence electrons. The Morgan fingerprint density at radius 1 is 1.06 bits per heavy atom. The number of anilines is 1. The number of phenolic OH excluding ortho intramolecular Hbond substituents is 2. The van der Waals surface area contributed by atoms with Crippen LogP contribution in [0.1, 0.15) is 37.0 Å². The number of phenols is 2. The summed E-state index contributed by atoms with van der Waals surface area (Å²) in [4.78, 5) is 33.3. The van der Waals surface area contributed by atoms with Crippen molar-refractivity contribution in [1.29, 1.82) is 0 Å². The number of rotatable bonds is 9. The van der Waals surface area contributed by atoms with E-state index in [-0.39, 0.29) is 17.5 Å². The van der Waals surface area contributed by atoms with Gasteiger partial charge in [0.1, 0.15) is 0 Å². The number of aliphatic hydroxyl groups is 1. The fourth-order valence-electron chi connectivity index (χ4n) is 2.63. The minimum absolute atomic E-state index is 0.115. The predicted octanol–water partition coefficient (Wildman–Crippen LogP) is 2.52. The molecule has 8 N–H and O–H groups in total. The molecule has 2 aromatic carbocycles. The predicted molar refractivity (Wildman–Crippen MR) is 122 cm³/mol. The summed E-state index contributed by atoms with van der Waals surface area (Å²) in [6.45, 7) is 4.57. The fourth-order valence-corrected chi connectivity index (χ4v) is 2.63. The number of ether oxygens (including phenoxy) is 1. The topological polar surface area (TPSA) is 189 Å². The number of hydrogen-bond acceptors (Lipinski definition) is 7. The standard InChI is InChI=1S/C21H28N2O5.H3O4P/c1-14-5-8-17(9-6-14)23-21(27)28-11-3-4-15(2)22-13-20(26)16-7-10-18(24)19(25)12-16;1-5(2,3)4/h5-10,12,15,20,22,24-26H,3-4,11,13H2,1-2H3,(H,23,27);(H3,1,2,3,4). The highest BCUT2D eigenvalue weighted by Crippen LogP contribution is 2.27. The average molecular weight is 486 g/mol. The van der Waals surface area contributed by atoms with Crippen LogP contribution in [0, 0.1) is 6.92 Å². The average Bonchev–Trinajstić information content (AvgIpc) is 2.72. The van der Waals surface area contributed by atoms with Crippen LogP contribution in [0.3, 0.4) is 0 Å². The number of aromatic hydroxyl groups is 2. The number of hydrogen-bond donors (Lipinski definition) is 8. The van der Waals surface area contributed by atoms with Gasteiger partial charge in [-0.15, -0.1) is 0 Å². The Morgan fingerprint density at radius 2 is 1.67 bits per heavy atom. The van der Waals surface area contributed by atoms with Crippen molar-refractivity contribution in [1.82, 2.24) is 5.32 Å². The molecule has 0 aromatic heterocycles. The van der Waals surface area contributed by atoms with Crippen molar-refractivity contribution in [3.8, 4) is 11.5 Å². The zero-order valence-corrected chi connectivity index (χ0v) is 19.3. The van der Waals surface area contributed by atoms with Crippen LogP contribution in [0.15, 0.2) is 42.5 Å². The Labute approximate surface area is 191 Å². The lowest BCUT2D eigenvalue weighted by Gasteiger charge is -2.17. The lowest BCUT2D eigenvalue weighted by Crippen LogP contribution is -2.30. The van der Waals surface area contributed by atoms with E-state index in [1.807, 2.05) is 38.1 Å².